The quantitative estimate of drug-likeness (QED) is 0.708. The smallest absolute Gasteiger partial charge is 0.250 e. The zero-order chi connectivity index (χ0) is 14.2. The van der Waals surface area contributed by atoms with Crippen LogP contribution < -0.4 is 10.6 Å². The molecule has 1 unspecified atom stereocenters. The topological polar surface area (TPSA) is 53.6 Å². The van der Waals surface area contributed by atoms with Crippen LogP contribution in [0.15, 0.2) is 0 Å². The number of nitrogens with zero attached hydrogens (tertiary/aromatic N) is 1. The number of ether oxygens (including phenoxy) is 1. The molecule has 2 rings (SSSR count). The number of amides is 1. The molecule has 1 amide bonds. The van der Waals surface area contributed by atoms with E-state index in [1.54, 1.807) is 0 Å². The molecule has 0 bridgehead atoms. The van der Waals surface area contributed by atoms with Crippen molar-refractivity contribution in [3.8, 4) is 0 Å². The van der Waals surface area contributed by atoms with Gasteiger partial charge in [-0.3, -0.25) is 4.79 Å². The zero-order valence-corrected chi connectivity index (χ0v) is 15.1. The van der Waals surface area contributed by atoms with Gasteiger partial charge in [-0.25, -0.2) is 0 Å². The number of morpholine rings is 1. The normalized spacial score (nSPS) is 25.7. The van der Waals surface area contributed by atoms with Crippen molar-refractivity contribution in [2.75, 3.05) is 45.9 Å². The number of likely N-dealkylation sites (tertiary alicyclic amines) is 1. The summed E-state index contributed by atoms with van der Waals surface area (Å²) in [6.07, 6.45) is 4.63. The van der Waals surface area contributed by atoms with Gasteiger partial charge < -0.3 is 20.3 Å². The third kappa shape index (κ3) is 7.97. The number of unbranched alkanes of at least 4 members (excludes halogenated alkanes) is 1. The Morgan fingerprint density at radius 1 is 1.36 bits per heavy atom. The van der Waals surface area contributed by atoms with Gasteiger partial charge in [-0.15, -0.1) is 24.8 Å². The molecule has 2 aliphatic heterocycles. The summed E-state index contributed by atoms with van der Waals surface area (Å²) in [5, 5.41) is 6.15. The van der Waals surface area contributed by atoms with Crippen LogP contribution in [-0.2, 0) is 9.53 Å². The number of carbonyl (C=O) groups excluding carboxylic acids is 1. The van der Waals surface area contributed by atoms with E-state index >= 15 is 0 Å². The Kier molecular flexibility index (Phi) is 12.3. The predicted molar refractivity (Wildman–Crippen MR) is 94.2 cm³/mol. The minimum Gasteiger partial charge on any atom is -0.366 e. The van der Waals surface area contributed by atoms with E-state index < -0.39 is 0 Å². The van der Waals surface area contributed by atoms with Gasteiger partial charge in [0, 0.05) is 26.2 Å². The lowest BCUT2D eigenvalue weighted by Crippen LogP contribution is -2.48. The van der Waals surface area contributed by atoms with Gasteiger partial charge in [0.05, 0.1) is 6.61 Å². The van der Waals surface area contributed by atoms with Crippen molar-refractivity contribution in [2.24, 2.45) is 5.92 Å². The number of piperidine rings is 1. The van der Waals surface area contributed by atoms with Crippen LogP contribution in [0, 0.1) is 5.92 Å². The van der Waals surface area contributed by atoms with E-state index in [9.17, 15) is 4.79 Å². The third-order valence-corrected chi connectivity index (χ3v) is 4.16. The van der Waals surface area contributed by atoms with Crippen molar-refractivity contribution >= 4 is 30.7 Å². The Morgan fingerprint density at radius 2 is 2.18 bits per heavy atom. The second kappa shape index (κ2) is 12.4. The number of hydrogen-bond donors (Lipinski definition) is 2. The molecule has 132 valence electrons. The van der Waals surface area contributed by atoms with Gasteiger partial charge in [-0.2, -0.15) is 0 Å². The standard InChI is InChI=1S/C15H29N3O2.2ClH/c1-13-5-4-9-18(12-13)8-3-2-6-17-15(19)14-11-16-7-10-20-14;;/h13-14,16H,2-12H2,1H3,(H,17,19);2*1H/t13?,14-;;/m1../s1. The first-order chi connectivity index (χ1) is 9.75. The average Bonchev–Trinajstić information content (AvgIpc) is 2.48. The van der Waals surface area contributed by atoms with E-state index in [2.05, 4.69) is 22.5 Å². The second-order valence-corrected chi connectivity index (χ2v) is 6.11. The number of rotatable bonds is 6. The fourth-order valence-corrected chi connectivity index (χ4v) is 3.01. The summed E-state index contributed by atoms with van der Waals surface area (Å²) in [5.41, 5.74) is 0. The number of halogens is 2. The van der Waals surface area contributed by atoms with Gasteiger partial charge >= 0.3 is 0 Å². The van der Waals surface area contributed by atoms with Gasteiger partial charge in [-0.05, 0) is 44.7 Å². The summed E-state index contributed by atoms with van der Waals surface area (Å²) >= 11 is 0. The lowest BCUT2D eigenvalue weighted by molar-refractivity contribution is -0.134. The molecule has 22 heavy (non-hydrogen) atoms. The van der Waals surface area contributed by atoms with Crippen LogP contribution in [-0.4, -0.2) is 62.8 Å². The largest absolute Gasteiger partial charge is 0.366 e. The maximum absolute atomic E-state index is 11.8. The van der Waals surface area contributed by atoms with Crippen LogP contribution in [0.2, 0.25) is 0 Å². The Bertz CT molecular complexity index is 303. The predicted octanol–water partition coefficient (Wildman–Crippen LogP) is 1.45. The summed E-state index contributed by atoms with van der Waals surface area (Å²) in [4.78, 5) is 14.4. The molecule has 7 heteroatoms. The second-order valence-electron chi connectivity index (χ2n) is 6.11. The van der Waals surface area contributed by atoms with E-state index in [0.717, 1.165) is 31.8 Å². The minimum atomic E-state index is -0.299. The van der Waals surface area contributed by atoms with E-state index in [0.29, 0.717) is 13.2 Å². The molecule has 5 nitrogen and oxygen atoms in total. The molecule has 2 fully saturated rings. The molecule has 2 saturated heterocycles. The van der Waals surface area contributed by atoms with Crippen molar-refractivity contribution in [2.45, 2.75) is 38.7 Å². The molecule has 0 aromatic heterocycles. The van der Waals surface area contributed by atoms with Crippen LogP contribution in [0.25, 0.3) is 0 Å². The van der Waals surface area contributed by atoms with Gasteiger partial charge in [0.15, 0.2) is 0 Å². The number of nitrogens with one attached hydrogen (secondary N) is 2. The number of carbonyl (C=O) groups is 1. The van der Waals surface area contributed by atoms with E-state index in [-0.39, 0.29) is 36.8 Å². The fourth-order valence-electron chi connectivity index (χ4n) is 3.01. The summed E-state index contributed by atoms with van der Waals surface area (Å²) < 4.78 is 5.42. The SMILES string of the molecule is CC1CCCN(CCCCNC(=O)[C@H]2CNCCO2)C1.Cl.Cl. The van der Waals surface area contributed by atoms with Crippen LogP contribution in [0.5, 0.6) is 0 Å². The van der Waals surface area contributed by atoms with Crippen molar-refractivity contribution in [1.29, 1.82) is 0 Å². The van der Waals surface area contributed by atoms with Crippen molar-refractivity contribution < 1.29 is 9.53 Å². The highest BCUT2D eigenvalue weighted by atomic mass is 35.5. The van der Waals surface area contributed by atoms with Gasteiger partial charge in [-0.1, -0.05) is 6.92 Å². The number of hydrogen-bond acceptors (Lipinski definition) is 4. The summed E-state index contributed by atoms with van der Waals surface area (Å²) in [6, 6.07) is 0. The van der Waals surface area contributed by atoms with E-state index in [1.807, 2.05) is 0 Å². The Hall–Kier alpha value is -0.0700. The monoisotopic (exact) mass is 355 g/mol. The molecule has 2 atom stereocenters. The van der Waals surface area contributed by atoms with E-state index in [1.165, 1.54) is 32.5 Å². The Balaban J connectivity index is 0.00000220. The van der Waals surface area contributed by atoms with Crippen LogP contribution in [0.1, 0.15) is 32.6 Å². The van der Waals surface area contributed by atoms with Crippen molar-refractivity contribution in [1.82, 2.24) is 15.5 Å². The molecule has 2 heterocycles. The van der Waals surface area contributed by atoms with Crippen molar-refractivity contribution in [3.05, 3.63) is 0 Å². The van der Waals surface area contributed by atoms with Gasteiger partial charge in [0.25, 0.3) is 0 Å². The van der Waals surface area contributed by atoms with Crippen LogP contribution in [0.3, 0.4) is 0 Å². The Labute approximate surface area is 146 Å². The first-order valence-electron chi connectivity index (χ1n) is 8.08. The van der Waals surface area contributed by atoms with Gasteiger partial charge in [0.2, 0.25) is 5.91 Å². The lowest BCUT2D eigenvalue weighted by Gasteiger charge is -2.30. The van der Waals surface area contributed by atoms with E-state index in [4.69, 9.17) is 4.74 Å². The maximum Gasteiger partial charge on any atom is 0.250 e. The average molecular weight is 356 g/mol. The molecule has 0 saturated carbocycles. The maximum atomic E-state index is 11.8. The molecule has 2 aliphatic rings. The molecule has 0 spiro atoms. The fraction of sp³-hybridized carbons (Fsp3) is 0.933. The van der Waals surface area contributed by atoms with Crippen molar-refractivity contribution in [3.63, 3.8) is 0 Å². The summed E-state index contributed by atoms with van der Waals surface area (Å²) in [6.45, 7) is 8.88. The summed E-state index contributed by atoms with van der Waals surface area (Å²) in [7, 11) is 0. The molecule has 0 aromatic carbocycles. The first kappa shape index (κ1) is 21.9. The lowest BCUT2D eigenvalue weighted by atomic mass is 10.0. The highest BCUT2D eigenvalue weighted by molar-refractivity contribution is 5.85. The summed E-state index contributed by atoms with van der Waals surface area (Å²) in [5.74, 6) is 0.878. The van der Waals surface area contributed by atoms with Crippen LogP contribution >= 0.6 is 24.8 Å². The molecular weight excluding hydrogens is 325 g/mol. The molecular formula is C15H31Cl2N3O2. The molecule has 0 aromatic rings. The van der Waals surface area contributed by atoms with Crippen LogP contribution in [0.4, 0.5) is 0 Å². The Morgan fingerprint density at radius 3 is 2.86 bits per heavy atom. The minimum absolute atomic E-state index is 0. The van der Waals surface area contributed by atoms with Gasteiger partial charge in [0.1, 0.15) is 6.10 Å². The molecule has 0 radical (unpaired) electrons. The highest BCUT2D eigenvalue weighted by Crippen LogP contribution is 2.15. The first-order valence-corrected chi connectivity index (χ1v) is 8.08. The third-order valence-electron chi connectivity index (χ3n) is 4.16. The molecule has 2 N–H and O–H groups in total. The highest BCUT2D eigenvalue weighted by Gasteiger charge is 2.21. The molecule has 0 aliphatic carbocycles. The zero-order valence-electron chi connectivity index (χ0n) is 13.5.